The molecule has 1 N–H and O–H groups in total. The first-order valence-corrected chi connectivity index (χ1v) is 7.07. The normalized spacial score (nSPS) is 16.5. The van der Waals surface area contributed by atoms with Gasteiger partial charge in [-0.15, -0.1) is 0 Å². The predicted octanol–water partition coefficient (Wildman–Crippen LogP) is 3.97. The van der Waals surface area contributed by atoms with Crippen LogP contribution in [0.2, 0.25) is 0 Å². The predicted molar refractivity (Wildman–Crippen MR) is 80.5 cm³/mol. The molecule has 0 radical (unpaired) electrons. The number of fused-ring (bicyclic) bond motifs is 1. The van der Waals surface area contributed by atoms with Crippen LogP contribution in [0.15, 0.2) is 53.7 Å². The van der Waals surface area contributed by atoms with Gasteiger partial charge in [0.2, 0.25) is 0 Å². The number of aryl methyl sites for hydroxylation is 1. The van der Waals surface area contributed by atoms with E-state index < -0.39 is 0 Å². The molecule has 0 spiro atoms. The molecule has 3 rings (SSSR count). The zero-order valence-corrected chi connectivity index (χ0v) is 11.4. The molecule has 1 aliphatic rings. The van der Waals surface area contributed by atoms with Crippen LogP contribution >= 0.6 is 11.8 Å². The average Bonchev–Trinajstić information content (AvgIpc) is 2.47. The second-order valence-electron chi connectivity index (χ2n) is 4.41. The minimum absolute atomic E-state index is 0.681. The Labute approximate surface area is 116 Å². The van der Waals surface area contributed by atoms with Crippen molar-refractivity contribution < 1.29 is 5.21 Å². The fraction of sp³-hybridized carbons (Fsp3) is 0.133. The number of anilines is 2. The SMILES string of the molecule is Cc1ccccc1N1CS/C(=N/O)c2ccccc21. The number of oxime groups is 1. The molecule has 96 valence electrons. The molecule has 2 aromatic rings. The molecular weight excluding hydrogens is 256 g/mol. The molecule has 0 aliphatic carbocycles. The minimum Gasteiger partial charge on any atom is -0.410 e. The molecule has 1 aliphatic heterocycles. The summed E-state index contributed by atoms with van der Waals surface area (Å²) in [4.78, 5) is 2.25. The van der Waals surface area contributed by atoms with E-state index in [1.54, 1.807) is 11.8 Å². The Bertz CT molecular complexity index is 640. The first kappa shape index (κ1) is 12.1. The number of hydrogen-bond acceptors (Lipinski definition) is 4. The van der Waals surface area contributed by atoms with Crippen molar-refractivity contribution in [1.82, 2.24) is 0 Å². The maximum absolute atomic E-state index is 9.10. The van der Waals surface area contributed by atoms with Crippen LogP contribution in [0.25, 0.3) is 0 Å². The van der Waals surface area contributed by atoms with Gasteiger partial charge in [-0.2, -0.15) is 0 Å². The number of para-hydroxylation sites is 2. The minimum atomic E-state index is 0.681. The Balaban J connectivity index is 2.13. The number of benzene rings is 2. The molecule has 1 heterocycles. The van der Waals surface area contributed by atoms with E-state index in [9.17, 15) is 0 Å². The zero-order chi connectivity index (χ0) is 13.2. The van der Waals surface area contributed by atoms with E-state index in [2.05, 4.69) is 35.2 Å². The molecule has 0 fully saturated rings. The summed E-state index contributed by atoms with van der Waals surface area (Å²) < 4.78 is 0. The molecule has 0 amide bonds. The highest BCUT2D eigenvalue weighted by Gasteiger charge is 2.24. The number of rotatable bonds is 1. The van der Waals surface area contributed by atoms with E-state index in [1.165, 1.54) is 11.3 Å². The van der Waals surface area contributed by atoms with Crippen molar-refractivity contribution in [1.29, 1.82) is 0 Å². The van der Waals surface area contributed by atoms with Gasteiger partial charge in [0, 0.05) is 11.3 Å². The molecule has 0 saturated carbocycles. The number of hydrogen-bond donors (Lipinski definition) is 1. The van der Waals surface area contributed by atoms with Gasteiger partial charge in [-0.05, 0) is 24.6 Å². The molecule has 0 saturated heterocycles. The fourth-order valence-corrected chi connectivity index (χ4v) is 3.23. The van der Waals surface area contributed by atoms with E-state index in [0.717, 1.165) is 17.1 Å². The largest absolute Gasteiger partial charge is 0.410 e. The van der Waals surface area contributed by atoms with Crippen LogP contribution in [0.1, 0.15) is 11.1 Å². The van der Waals surface area contributed by atoms with E-state index in [-0.39, 0.29) is 0 Å². The highest BCUT2D eigenvalue weighted by Crippen LogP contribution is 2.38. The van der Waals surface area contributed by atoms with Crippen molar-refractivity contribution >= 4 is 28.2 Å². The van der Waals surface area contributed by atoms with Crippen LogP contribution < -0.4 is 4.90 Å². The lowest BCUT2D eigenvalue weighted by Crippen LogP contribution is -2.25. The Kier molecular flexibility index (Phi) is 3.17. The van der Waals surface area contributed by atoms with Gasteiger partial charge in [-0.1, -0.05) is 53.3 Å². The van der Waals surface area contributed by atoms with Crippen molar-refractivity contribution in [3.8, 4) is 0 Å². The number of nitrogens with zero attached hydrogens (tertiary/aromatic N) is 2. The summed E-state index contributed by atoms with van der Waals surface area (Å²) in [5.74, 6) is 0.751. The standard InChI is InChI=1S/C15H14N2OS/c1-11-6-2-4-8-13(11)17-10-19-15(16-18)12-7-3-5-9-14(12)17/h2-9,18H,10H2,1H3/b16-15+. The van der Waals surface area contributed by atoms with Gasteiger partial charge in [-0.25, -0.2) is 0 Å². The first-order chi connectivity index (χ1) is 9.31. The maximum atomic E-state index is 9.10. The molecule has 3 nitrogen and oxygen atoms in total. The van der Waals surface area contributed by atoms with Crippen LogP contribution in [0, 0.1) is 6.92 Å². The summed E-state index contributed by atoms with van der Waals surface area (Å²) >= 11 is 1.54. The van der Waals surface area contributed by atoms with Crippen molar-refractivity contribution in [2.75, 3.05) is 10.8 Å². The highest BCUT2D eigenvalue weighted by molar-refractivity contribution is 8.14. The Morgan fingerprint density at radius 2 is 1.74 bits per heavy atom. The Morgan fingerprint density at radius 1 is 1.05 bits per heavy atom. The van der Waals surface area contributed by atoms with Gasteiger partial charge in [0.05, 0.1) is 11.6 Å². The molecule has 2 aromatic carbocycles. The number of thioether (sulfide) groups is 1. The van der Waals surface area contributed by atoms with Crippen molar-refractivity contribution in [2.24, 2.45) is 5.16 Å². The topological polar surface area (TPSA) is 35.8 Å². The molecule has 19 heavy (non-hydrogen) atoms. The van der Waals surface area contributed by atoms with Crippen molar-refractivity contribution in [2.45, 2.75) is 6.92 Å². The summed E-state index contributed by atoms with van der Waals surface area (Å²) in [5, 5.41) is 13.2. The van der Waals surface area contributed by atoms with Gasteiger partial charge in [0.1, 0.15) is 5.04 Å². The third kappa shape index (κ3) is 2.08. The Hall–Kier alpha value is -1.94. The molecule has 0 bridgehead atoms. The van der Waals surface area contributed by atoms with Gasteiger partial charge < -0.3 is 10.1 Å². The zero-order valence-electron chi connectivity index (χ0n) is 10.6. The van der Waals surface area contributed by atoms with Crippen LogP contribution in [0.5, 0.6) is 0 Å². The summed E-state index contributed by atoms with van der Waals surface area (Å²) in [7, 11) is 0. The van der Waals surface area contributed by atoms with E-state index in [0.29, 0.717) is 5.04 Å². The lowest BCUT2D eigenvalue weighted by atomic mass is 10.1. The quantitative estimate of drug-likeness (QED) is 0.629. The van der Waals surface area contributed by atoms with Gasteiger partial charge in [0.25, 0.3) is 0 Å². The second-order valence-corrected chi connectivity index (χ2v) is 5.34. The summed E-state index contributed by atoms with van der Waals surface area (Å²) in [6.45, 7) is 2.11. The van der Waals surface area contributed by atoms with Crippen LogP contribution in [0.3, 0.4) is 0 Å². The maximum Gasteiger partial charge on any atom is 0.146 e. The van der Waals surface area contributed by atoms with E-state index >= 15 is 0 Å². The fourth-order valence-electron chi connectivity index (χ4n) is 2.31. The summed E-state index contributed by atoms with van der Waals surface area (Å²) in [5.41, 5.74) is 4.49. The van der Waals surface area contributed by atoms with Gasteiger partial charge in [-0.3, -0.25) is 0 Å². The molecule has 0 atom stereocenters. The Morgan fingerprint density at radius 3 is 2.47 bits per heavy atom. The third-order valence-electron chi connectivity index (χ3n) is 3.25. The molecular formula is C15H14N2OS. The highest BCUT2D eigenvalue weighted by atomic mass is 32.2. The lowest BCUT2D eigenvalue weighted by Gasteiger charge is -2.31. The van der Waals surface area contributed by atoms with Crippen molar-refractivity contribution in [3.05, 3.63) is 59.7 Å². The lowest BCUT2D eigenvalue weighted by molar-refractivity contribution is 0.321. The van der Waals surface area contributed by atoms with Crippen LogP contribution in [-0.4, -0.2) is 16.1 Å². The van der Waals surface area contributed by atoms with Crippen molar-refractivity contribution in [3.63, 3.8) is 0 Å². The molecule has 0 unspecified atom stereocenters. The van der Waals surface area contributed by atoms with Crippen LogP contribution in [-0.2, 0) is 0 Å². The van der Waals surface area contributed by atoms with Gasteiger partial charge in [0.15, 0.2) is 0 Å². The first-order valence-electron chi connectivity index (χ1n) is 6.08. The van der Waals surface area contributed by atoms with Gasteiger partial charge >= 0.3 is 0 Å². The summed E-state index contributed by atoms with van der Waals surface area (Å²) in [6, 6.07) is 16.3. The summed E-state index contributed by atoms with van der Waals surface area (Å²) in [6.07, 6.45) is 0. The molecule has 4 heteroatoms. The second kappa shape index (κ2) is 4.97. The third-order valence-corrected chi connectivity index (χ3v) is 4.21. The monoisotopic (exact) mass is 270 g/mol. The van der Waals surface area contributed by atoms with Crippen LogP contribution in [0.4, 0.5) is 11.4 Å². The average molecular weight is 270 g/mol. The molecule has 0 aromatic heterocycles. The van der Waals surface area contributed by atoms with E-state index in [4.69, 9.17) is 5.21 Å². The smallest absolute Gasteiger partial charge is 0.146 e. The van der Waals surface area contributed by atoms with E-state index in [1.807, 2.05) is 30.3 Å².